The van der Waals surface area contributed by atoms with E-state index in [9.17, 15) is 0 Å². The van der Waals surface area contributed by atoms with E-state index >= 15 is 0 Å². The predicted molar refractivity (Wildman–Crippen MR) is 0 cm³/mol. The molecule has 0 aromatic rings. The molecule has 0 rings (SSSR count). The van der Waals surface area contributed by atoms with Crippen molar-refractivity contribution >= 4 is 0 Å². The molecule has 0 unspecified atom stereocenters. The van der Waals surface area contributed by atoms with Crippen LogP contribution in [-0.4, -0.2) is 0 Å². The predicted octanol–water partition coefficient (Wildman–Crippen LogP) is -27.0. The van der Waals surface area contributed by atoms with Gasteiger partial charge in [-0.3, -0.25) is 0 Å². The maximum Gasteiger partial charge on any atom is 3.00 e. The molecule has 0 N–H and O–H groups in total. The van der Waals surface area contributed by atoms with Crippen LogP contribution in [0.15, 0.2) is 0 Å². The molecule has 0 spiro atoms. The number of hydrogen-bond donors (Lipinski definition) is 0. The molecule has 0 saturated heterocycles. The zero-order valence-electron chi connectivity index (χ0n) is 5.60. The summed E-state index contributed by atoms with van der Waals surface area (Å²) in [4.78, 5) is 0. The quantitative estimate of drug-likeness (QED) is 0.168. The molecule has 0 radical (unpaired) electrons. The van der Waals surface area contributed by atoms with Crippen LogP contribution in [0.1, 0.15) is 0 Å². The Labute approximate surface area is 306 Å². The van der Waals surface area contributed by atoms with Crippen LogP contribution in [0.3, 0.4) is 0 Å². The minimum atomic E-state index is 0. The van der Waals surface area contributed by atoms with Gasteiger partial charge in [0.15, 0.2) is 0 Å². The van der Waals surface area contributed by atoms with Crippen molar-refractivity contribution in [2.45, 2.75) is 0 Å². The van der Waals surface area contributed by atoms with Crippen LogP contribution in [0.2, 0.25) is 0 Å². The Morgan fingerprint density at radius 1 is 0.300 bits per heavy atom. The van der Waals surface area contributed by atoms with Crippen molar-refractivity contribution in [3.05, 3.63) is 0 Å². The van der Waals surface area contributed by atoms with E-state index in [0.717, 1.165) is 0 Å². The molecular formula is I6IrK3. The van der Waals surface area contributed by atoms with Gasteiger partial charge in [0, 0.05) is 0 Å². The van der Waals surface area contributed by atoms with Crippen LogP contribution in [0.4, 0.5) is 0 Å². The SMILES string of the molecule is [I-].[I-].[I-].[I-].[I-].[I-].[Ir+3].[K+].[K+].[K+]. The van der Waals surface area contributed by atoms with E-state index in [2.05, 4.69) is 0 Å². The van der Waals surface area contributed by atoms with Crippen molar-refractivity contribution in [1.29, 1.82) is 0 Å². The fourth-order valence-electron chi connectivity index (χ4n) is 0. The van der Waals surface area contributed by atoms with E-state index in [-0.39, 0.29) is 318 Å². The summed E-state index contributed by atoms with van der Waals surface area (Å²) in [6, 6.07) is 0. The first-order valence-electron chi connectivity index (χ1n) is 0. The molecule has 0 heterocycles. The van der Waals surface area contributed by atoms with Gasteiger partial charge in [0.25, 0.3) is 0 Å². The second kappa shape index (κ2) is 61.7. The zero-order valence-corrected chi connectivity index (χ0v) is 30.3. The van der Waals surface area contributed by atoms with E-state index in [0.29, 0.717) is 0 Å². The van der Waals surface area contributed by atoms with Crippen LogP contribution < -0.4 is 298 Å². The van der Waals surface area contributed by atoms with Crippen LogP contribution >= 0.6 is 0 Å². The van der Waals surface area contributed by atoms with Crippen LogP contribution in [0.25, 0.3) is 0 Å². The van der Waals surface area contributed by atoms with Crippen molar-refractivity contribution in [2.24, 2.45) is 0 Å². The molecule has 0 aliphatic rings. The minimum absolute atomic E-state index is 0. The fraction of sp³-hybridized carbons (Fsp3) is 0. The molecule has 0 atom stereocenters. The summed E-state index contributed by atoms with van der Waals surface area (Å²) in [5.41, 5.74) is 0. The Bertz CT molecular complexity index is 13.0. The summed E-state index contributed by atoms with van der Waals surface area (Å²) in [6.07, 6.45) is 0. The molecular weight excluding hydrogens is 1070 g/mol. The summed E-state index contributed by atoms with van der Waals surface area (Å²) in [5, 5.41) is 0. The van der Waals surface area contributed by atoms with Gasteiger partial charge in [-0.05, 0) is 0 Å². The topological polar surface area (TPSA) is 0 Å². The summed E-state index contributed by atoms with van der Waals surface area (Å²) >= 11 is 0. The van der Waals surface area contributed by atoms with Gasteiger partial charge in [0.2, 0.25) is 0 Å². The molecule has 10 heteroatoms. The average Bonchev–Trinajstić information content (AvgIpc) is 0. The smallest absolute Gasteiger partial charge is 1.00 e. The van der Waals surface area contributed by atoms with Crippen LogP contribution in [-0.2, 0) is 20.1 Å². The molecule has 0 aromatic heterocycles. The summed E-state index contributed by atoms with van der Waals surface area (Å²) in [6.45, 7) is 0. The van der Waals surface area contributed by atoms with E-state index in [1.54, 1.807) is 0 Å². The first-order valence-corrected chi connectivity index (χ1v) is 0. The maximum absolute atomic E-state index is 0. The van der Waals surface area contributed by atoms with Crippen molar-refractivity contribution in [3.63, 3.8) is 0 Å². The Hall–Kier alpha value is 9.94. The largest absolute Gasteiger partial charge is 3.00 e. The zero-order chi connectivity index (χ0) is 0. The van der Waals surface area contributed by atoms with Crippen molar-refractivity contribution in [1.82, 2.24) is 0 Å². The Morgan fingerprint density at radius 2 is 0.300 bits per heavy atom. The van der Waals surface area contributed by atoms with E-state index < -0.39 is 0 Å². The molecule has 0 aliphatic carbocycles. The molecule has 54 valence electrons. The molecule has 0 aliphatic heterocycles. The first-order chi connectivity index (χ1) is 0. The summed E-state index contributed by atoms with van der Waals surface area (Å²) in [7, 11) is 0. The Morgan fingerprint density at radius 3 is 0.300 bits per heavy atom. The summed E-state index contributed by atoms with van der Waals surface area (Å²) in [5.74, 6) is 0. The van der Waals surface area contributed by atoms with Crippen molar-refractivity contribution < 1.29 is 318 Å². The molecule has 0 nitrogen and oxygen atoms in total. The number of hydrogen-bond acceptors (Lipinski definition) is 0. The first kappa shape index (κ1) is 72.4. The molecule has 0 fully saturated rings. The van der Waals surface area contributed by atoms with E-state index in [4.69, 9.17) is 0 Å². The second-order valence-corrected chi connectivity index (χ2v) is 0. The molecule has 0 aromatic carbocycles. The van der Waals surface area contributed by atoms with Gasteiger partial charge < -0.3 is 144 Å². The summed E-state index contributed by atoms with van der Waals surface area (Å²) < 4.78 is 0. The van der Waals surface area contributed by atoms with Crippen LogP contribution in [0.5, 0.6) is 0 Å². The molecule has 0 amide bonds. The standard InChI is InChI=1S/6HI.Ir.3K/h6*1H;;;;/q;;;;;;+3;3*+1/p-6. The minimum Gasteiger partial charge on any atom is -1.00 e. The third kappa shape index (κ3) is 52.1. The number of rotatable bonds is 0. The van der Waals surface area contributed by atoms with Crippen molar-refractivity contribution in [2.75, 3.05) is 0 Å². The third-order valence-corrected chi connectivity index (χ3v) is 0. The van der Waals surface area contributed by atoms with E-state index in [1.165, 1.54) is 0 Å². The van der Waals surface area contributed by atoms with Gasteiger partial charge in [-0.25, -0.2) is 0 Å². The molecule has 10 heavy (non-hydrogen) atoms. The normalized spacial score (nSPS) is 0. The Balaban J connectivity index is 0. The van der Waals surface area contributed by atoms with Gasteiger partial charge >= 0.3 is 174 Å². The van der Waals surface area contributed by atoms with E-state index in [1.807, 2.05) is 0 Å². The fourth-order valence-corrected chi connectivity index (χ4v) is 0. The molecule has 0 bridgehead atoms. The van der Waals surface area contributed by atoms with Gasteiger partial charge in [0.05, 0.1) is 0 Å². The van der Waals surface area contributed by atoms with Gasteiger partial charge in [-0.1, -0.05) is 0 Å². The Kier molecular flexibility index (Phi) is 447. The second-order valence-electron chi connectivity index (χ2n) is 0. The van der Waals surface area contributed by atoms with Crippen molar-refractivity contribution in [3.8, 4) is 0 Å². The monoisotopic (exact) mass is 1070 g/mol. The van der Waals surface area contributed by atoms with Gasteiger partial charge in [-0.15, -0.1) is 0 Å². The maximum atomic E-state index is 0. The van der Waals surface area contributed by atoms with Gasteiger partial charge in [0.1, 0.15) is 0 Å². The average molecular weight is 1070 g/mol. The third-order valence-electron chi connectivity index (χ3n) is 0. The van der Waals surface area contributed by atoms with Crippen LogP contribution in [0, 0.1) is 0 Å². The van der Waals surface area contributed by atoms with Gasteiger partial charge in [-0.2, -0.15) is 0 Å². The molecule has 0 saturated carbocycles. The number of halogens is 6.